The molecule has 1 aromatic carbocycles. The van der Waals surface area contributed by atoms with Crippen molar-refractivity contribution in [2.75, 3.05) is 20.8 Å². The summed E-state index contributed by atoms with van der Waals surface area (Å²) < 4.78 is 15.4. The molecule has 0 atom stereocenters. The van der Waals surface area contributed by atoms with Crippen LogP contribution in [0.25, 0.3) is 11.3 Å². The van der Waals surface area contributed by atoms with Crippen LogP contribution in [0.3, 0.4) is 0 Å². The first-order chi connectivity index (χ1) is 10.2. The van der Waals surface area contributed by atoms with E-state index >= 15 is 0 Å². The number of carbonyl (C=O) groups is 1. The Hall–Kier alpha value is -2.08. The van der Waals surface area contributed by atoms with Crippen LogP contribution in [-0.4, -0.2) is 31.8 Å². The summed E-state index contributed by atoms with van der Waals surface area (Å²) in [6, 6.07) is 5.60. The van der Waals surface area contributed by atoms with Crippen molar-refractivity contribution in [3.8, 4) is 22.8 Å². The van der Waals surface area contributed by atoms with Crippen LogP contribution in [0.4, 0.5) is 0 Å². The van der Waals surface area contributed by atoms with Gasteiger partial charge in [-0.3, -0.25) is 4.79 Å². The van der Waals surface area contributed by atoms with Crippen LogP contribution in [0, 0.1) is 0 Å². The molecule has 6 heteroatoms. The van der Waals surface area contributed by atoms with Crippen LogP contribution in [-0.2, 0) is 16.0 Å². The van der Waals surface area contributed by atoms with Crippen molar-refractivity contribution in [3.63, 3.8) is 0 Å². The highest BCUT2D eigenvalue weighted by molar-refractivity contribution is 7.10. The summed E-state index contributed by atoms with van der Waals surface area (Å²) in [5.41, 5.74) is 1.72. The highest BCUT2D eigenvalue weighted by atomic mass is 32.1. The Morgan fingerprint density at radius 2 is 2.00 bits per heavy atom. The predicted molar refractivity (Wildman–Crippen MR) is 81.0 cm³/mol. The third-order valence-corrected chi connectivity index (χ3v) is 3.68. The van der Waals surface area contributed by atoms with Gasteiger partial charge in [0.15, 0.2) is 11.5 Å². The lowest BCUT2D eigenvalue weighted by Crippen LogP contribution is -2.07. The van der Waals surface area contributed by atoms with E-state index in [0.29, 0.717) is 18.1 Å². The number of carbonyl (C=O) groups excluding carboxylic acids is 1. The Morgan fingerprint density at radius 1 is 1.24 bits per heavy atom. The molecule has 0 aliphatic carbocycles. The molecule has 0 unspecified atom stereocenters. The van der Waals surface area contributed by atoms with Crippen LogP contribution >= 0.6 is 11.3 Å². The van der Waals surface area contributed by atoms with Crippen LogP contribution in [0.1, 0.15) is 11.9 Å². The van der Waals surface area contributed by atoms with Gasteiger partial charge >= 0.3 is 5.97 Å². The van der Waals surface area contributed by atoms with E-state index in [1.165, 1.54) is 11.3 Å². The van der Waals surface area contributed by atoms with Gasteiger partial charge in [-0.25, -0.2) is 4.98 Å². The van der Waals surface area contributed by atoms with Crippen LogP contribution in [0.5, 0.6) is 11.5 Å². The number of benzene rings is 1. The second-order valence-corrected chi connectivity index (χ2v) is 5.12. The lowest BCUT2D eigenvalue weighted by Gasteiger charge is -2.08. The SMILES string of the molecule is CCOC(=O)Cc1nc(-c2ccc(OC)c(OC)c2)cs1. The van der Waals surface area contributed by atoms with E-state index < -0.39 is 0 Å². The maximum absolute atomic E-state index is 11.5. The minimum absolute atomic E-state index is 0.200. The van der Waals surface area contributed by atoms with Crippen LogP contribution in [0.15, 0.2) is 23.6 Å². The highest BCUT2D eigenvalue weighted by Gasteiger charge is 2.11. The zero-order valence-electron chi connectivity index (χ0n) is 12.2. The molecule has 5 nitrogen and oxygen atoms in total. The van der Waals surface area contributed by atoms with E-state index in [9.17, 15) is 4.79 Å². The zero-order valence-corrected chi connectivity index (χ0v) is 13.0. The lowest BCUT2D eigenvalue weighted by atomic mass is 10.1. The van der Waals surface area contributed by atoms with E-state index in [-0.39, 0.29) is 12.4 Å². The van der Waals surface area contributed by atoms with Crippen LogP contribution in [0.2, 0.25) is 0 Å². The highest BCUT2D eigenvalue weighted by Crippen LogP contribution is 2.32. The standard InChI is InChI=1S/C15H17NO4S/c1-4-20-15(17)8-14-16-11(9-21-14)10-5-6-12(18-2)13(7-10)19-3/h5-7,9H,4,8H2,1-3H3. The van der Waals surface area contributed by atoms with E-state index in [0.717, 1.165) is 16.3 Å². The van der Waals surface area contributed by atoms with Gasteiger partial charge in [0.25, 0.3) is 0 Å². The van der Waals surface area contributed by atoms with Gasteiger partial charge in [0, 0.05) is 10.9 Å². The Bertz CT molecular complexity index is 624. The molecule has 1 aromatic heterocycles. The van der Waals surface area contributed by atoms with E-state index in [1.807, 2.05) is 23.6 Å². The van der Waals surface area contributed by atoms with Crippen molar-refractivity contribution < 1.29 is 19.0 Å². The molecular weight excluding hydrogens is 290 g/mol. The van der Waals surface area contributed by atoms with Gasteiger partial charge in [0.2, 0.25) is 0 Å². The molecule has 0 aliphatic rings. The van der Waals surface area contributed by atoms with Gasteiger partial charge in [-0.1, -0.05) is 0 Å². The molecule has 0 fully saturated rings. The number of esters is 1. The molecule has 0 saturated carbocycles. The second-order valence-electron chi connectivity index (χ2n) is 4.18. The Labute approximate surface area is 127 Å². The molecule has 0 saturated heterocycles. The number of methoxy groups -OCH3 is 2. The fraction of sp³-hybridized carbons (Fsp3) is 0.333. The summed E-state index contributed by atoms with van der Waals surface area (Å²) in [5, 5.41) is 2.65. The molecule has 0 N–H and O–H groups in total. The summed E-state index contributed by atoms with van der Waals surface area (Å²) >= 11 is 1.44. The molecule has 0 spiro atoms. The molecule has 0 amide bonds. The van der Waals surface area contributed by atoms with Gasteiger partial charge in [-0.15, -0.1) is 11.3 Å². The third-order valence-electron chi connectivity index (χ3n) is 2.83. The molecule has 2 rings (SSSR count). The topological polar surface area (TPSA) is 57.7 Å². The fourth-order valence-corrected chi connectivity index (χ4v) is 2.64. The molecule has 2 aromatic rings. The van der Waals surface area contributed by atoms with E-state index in [2.05, 4.69) is 4.98 Å². The Balaban J connectivity index is 2.19. The maximum atomic E-state index is 11.5. The average molecular weight is 307 g/mol. The first-order valence-electron chi connectivity index (χ1n) is 6.50. The number of hydrogen-bond acceptors (Lipinski definition) is 6. The van der Waals surface area contributed by atoms with Crippen LogP contribution < -0.4 is 9.47 Å². The number of rotatable bonds is 6. The quantitative estimate of drug-likeness (QED) is 0.768. The largest absolute Gasteiger partial charge is 0.493 e. The zero-order chi connectivity index (χ0) is 15.2. The molecule has 112 valence electrons. The number of thiazole rings is 1. The number of hydrogen-bond donors (Lipinski definition) is 0. The van der Waals surface area contributed by atoms with E-state index in [1.54, 1.807) is 21.1 Å². The smallest absolute Gasteiger partial charge is 0.312 e. The summed E-state index contributed by atoms with van der Waals surface area (Å²) in [7, 11) is 3.19. The normalized spacial score (nSPS) is 10.2. The third kappa shape index (κ3) is 3.72. The van der Waals surface area contributed by atoms with Crippen molar-refractivity contribution in [3.05, 3.63) is 28.6 Å². The van der Waals surface area contributed by atoms with Gasteiger partial charge in [-0.2, -0.15) is 0 Å². The molecule has 0 radical (unpaired) electrons. The summed E-state index contributed by atoms with van der Waals surface area (Å²) in [4.78, 5) is 15.9. The van der Waals surface area contributed by atoms with Gasteiger partial charge < -0.3 is 14.2 Å². The maximum Gasteiger partial charge on any atom is 0.312 e. The Kier molecular flexibility index (Phi) is 5.16. The van der Waals surface area contributed by atoms with Crippen molar-refractivity contribution in [2.45, 2.75) is 13.3 Å². The summed E-state index contributed by atoms with van der Waals surface area (Å²) in [6.45, 7) is 2.17. The number of aromatic nitrogens is 1. The molecule has 0 bridgehead atoms. The number of ether oxygens (including phenoxy) is 3. The number of nitrogens with zero attached hydrogens (tertiary/aromatic N) is 1. The van der Waals surface area contributed by atoms with Crippen molar-refractivity contribution >= 4 is 17.3 Å². The first-order valence-corrected chi connectivity index (χ1v) is 7.38. The predicted octanol–water partition coefficient (Wildman–Crippen LogP) is 2.93. The summed E-state index contributed by atoms with van der Waals surface area (Å²) in [6.07, 6.45) is 0.200. The molecule has 0 aliphatic heterocycles. The van der Waals surface area contributed by atoms with Crippen molar-refractivity contribution in [1.82, 2.24) is 4.98 Å². The average Bonchev–Trinajstić information content (AvgIpc) is 2.95. The minimum atomic E-state index is -0.259. The lowest BCUT2D eigenvalue weighted by molar-refractivity contribution is -0.142. The van der Waals surface area contributed by atoms with Gasteiger partial charge in [0.05, 0.1) is 32.9 Å². The molecule has 21 heavy (non-hydrogen) atoms. The van der Waals surface area contributed by atoms with Crippen molar-refractivity contribution in [1.29, 1.82) is 0 Å². The Morgan fingerprint density at radius 3 is 2.67 bits per heavy atom. The monoisotopic (exact) mass is 307 g/mol. The van der Waals surface area contributed by atoms with Gasteiger partial charge in [0.1, 0.15) is 5.01 Å². The first kappa shape index (κ1) is 15.3. The minimum Gasteiger partial charge on any atom is -0.493 e. The fourth-order valence-electron chi connectivity index (χ4n) is 1.86. The molecule has 1 heterocycles. The van der Waals surface area contributed by atoms with Gasteiger partial charge in [-0.05, 0) is 25.1 Å². The summed E-state index contributed by atoms with van der Waals surface area (Å²) in [5.74, 6) is 1.06. The molecular formula is C15H17NO4S. The van der Waals surface area contributed by atoms with Crippen molar-refractivity contribution in [2.24, 2.45) is 0 Å². The second kappa shape index (κ2) is 7.08. The van der Waals surface area contributed by atoms with E-state index in [4.69, 9.17) is 14.2 Å².